The lowest BCUT2D eigenvalue weighted by atomic mass is 10.1. The Morgan fingerprint density at radius 2 is 1.65 bits per heavy atom. The van der Waals surface area contributed by atoms with E-state index in [1.807, 2.05) is 6.20 Å². The van der Waals surface area contributed by atoms with Gasteiger partial charge in [0, 0.05) is 50.3 Å². The van der Waals surface area contributed by atoms with Gasteiger partial charge < -0.3 is 14.7 Å². The van der Waals surface area contributed by atoms with E-state index < -0.39 is 0 Å². The van der Waals surface area contributed by atoms with Gasteiger partial charge in [-0.05, 0) is 31.0 Å². The van der Waals surface area contributed by atoms with Crippen LogP contribution in [0.4, 0.5) is 17.3 Å². The number of fused-ring (bicyclic) bond motifs is 1. The highest BCUT2D eigenvalue weighted by molar-refractivity contribution is 6.99. The fraction of sp³-hybridized carbons (Fsp3) is 0.444. The number of hydrogen-bond acceptors (Lipinski definition) is 8. The van der Waals surface area contributed by atoms with E-state index in [1.54, 1.807) is 6.33 Å². The fourth-order valence-electron chi connectivity index (χ4n) is 3.90. The van der Waals surface area contributed by atoms with Crippen molar-refractivity contribution in [3.05, 3.63) is 30.7 Å². The molecule has 0 aliphatic carbocycles. The Bertz CT molecular complexity index is 884. The summed E-state index contributed by atoms with van der Waals surface area (Å²) >= 11 is 1.27. The highest BCUT2D eigenvalue weighted by Gasteiger charge is 2.21. The molecule has 2 saturated heterocycles. The Labute approximate surface area is 156 Å². The Kier molecular flexibility index (Phi) is 4.05. The van der Waals surface area contributed by atoms with Crippen molar-refractivity contribution >= 4 is 40.0 Å². The first kappa shape index (κ1) is 15.7. The molecule has 4 heterocycles. The fourth-order valence-corrected chi connectivity index (χ4v) is 4.34. The van der Waals surface area contributed by atoms with Gasteiger partial charge in [0.1, 0.15) is 12.1 Å². The van der Waals surface area contributed by atoms with Gasteiger partial charge in [0.05, 0.1) is 23.4 Å². The summed E-state index contributed by atoms with van der Waals surface area (Å²) < 4.78 is 8.46. The first-order chi connectivity index (χ1) is 12.9. The number of nitrogens with zero attached hydrogens (tertiary/aromatic N) is 7. The Morgan fingerprint density at radius 3 is 2.42 bits per heavy atom. The lowest BCUT2D eigenvalue weighted by Gasteiger charge is -2.36. The van der Waals surface area contributed by atoms with Gasteiger partial charge in [0.2, 0.25) is 0 Å². The molecule has 2 aliphatic heterocycles. The molecule has 2 aromatic heterocycles. The molecule has 0 unspecified atom stereocenters. The highest BCUT2D eigenvalue weighted by Crippen LogP contribution is 2.30. The lowest BCUT2D eigenvalue weighted by Crippen LogP contribution is -2.46. The van der Waals surface area contributed by atoms with Gasteiger partial charge in [0.15, 0.2) is 5.82 Å². The van der Waals surface area contributed by atoms with Crippen LogP contribution in [-0.2, 0) is 0 Å². The van der Waals surface area contributed by atoms with Crippen molar-refractivity contribution in [2.45, 2.75) is 12.8 Å². The largest absolute Gasteiger partial charge is 0.368 e. The third-order valence-electron chi connectivity index (χ3n) is 5.32. The zero-order valence-corrected chi connectivity index (χ0v) is 15.4. The third kappa shape index (κ3) is 2.84. The van der Waals surface area contributed by atoms with Crippen molar-refractivity contribution in [2.24, 2.45) is 0 Å². The van der Waals surface area contributed by atoms with Crippen molar-refractivity contribution in [2.75, 3.05) is 54.0 Å². The molecule has 0 N–H and O–H groups in total. The van der Waals surface area contributed by atoms with Crippen molar-refractivity contribution in [3.8, 4) is 0 Å². The van der Waals surface area contributed by atoms with Crippen LogP contribution in [0.5, 0.6) is 0 Å². The van der Waals surface area contributed by atoms with Crippen LogP contribution < -0.4 is 14.7 Å². The zero-order valence-electron chi connectivity index (χ0n) is 14.6. The van der Waals surface area contributed by atoms with Gasteiger partial charge in [-0.15, -0.1) is 0 Å². The number of benzene rings is 1. The Balaban J connectivity index is 1.40. The van der Waals surface area contributed by atoms with E-state index in [1.165, 1.54) is 30.3 Å². The molecule has 2 fully saturated rings. The zero-order chi connectivity index (χ0) is 17.3. The molecule has 0 amide bonds. The second-order valence-corrected chi connectivity index (χ2v) is 7.39. The molecule has 8 heteroatoms. The maximum Gasteiger partial charge on any atom is 0.162 e. The van der Waals surface area contributed by atoms with Crippen LogP contribution in [0.15, 0.2) is 30.7 Å². The minimum atomic E-state index is 0.966. The van der Waals surface area contributed by atoms with Gasteiger partial charge in [0.25, 0.3) is 0 Å². The quantitative estimate of drug-likeness (QED) is 0.704. The van der Waals surface area contributed by atoms with E-state index in [0.717, 1.165) is 61.8 Å². The molecular weight excluding hydrogens is 346 g/mol. The summed E-state index contributed by atoms with van der Waals surface area (Å²) in [4.78, 5) is 16.2. The van der Waals surface area contributed by atoms with Gasteiger partial charge in [-0.25, -0.2) is 9.97 Å². The molecule has 134 valence electrons. The lowest BCUT2D eigenvalue weighted by molar-refractivity contribution is 0.649. The molecule has 0 atom stereocenters. The summed E-state index contributed by atoms with van der Waals surface area (Å²) in [7, 11) is 0. The van der Waals surface area contributed by atoms with Crippen molar-refractivity contribution in [3.63, 3.8) is 0 Å². The number of hydrogen-bond donors (Lipinski definition) is 0. The maximum atomic E-state index is 4.59. The number of piperazine rings is 1. The normalized spacial score (nSPS) is 18.1. The van der Waals surface area contributed by atoms with Crippen molar-refractivity contribution in [1.82, 2.24) is 18.7 Å². The minimum absolute atomic E-state index is 0.966. The van der Waals surface area contributed by atoms with E-state index in [0.29, 0.717) is 0 Å². The molecule has 5 rings (SSSR count). The minimum Gasteiger partial charge on any atom is -0.368 e. The average molecular weight is 367 g/mol. The first-order valence-electron chi connectivity index (χ1n) is 9.16. The van der Waals surface area contributed by atoms with Gasteiger partial charge >= 0.3 is 0 Å². The molecular formula is C18H21N7S. The summed E-state index contributed by atoms with van der Waals surface area (Å²) in [5.41, 5.74) is 2.28. The molecule has 1 aromatic carbocycles. The van der Waals surface area contributed by atoms with Crippen molar-refractivity contribution < 1.29 is 0 Å². The first-order valence-corrected chi connectivity index (χ1v) is 9.89. The number of aromatic nitrogens is 4. The standard InChI is InChI=1S/C18H21N7S/c1-2-6-25(5-1)18-15-11-14(3-4-16(15)19-13-20-18)23-7-9-24(10-8-23)17-12-21-26-22-17/h3-4,11-13H,1-2,5-10H2. The van der Waals surface area contributed by atoms with E-state index in [-0.39, 0.29) is 0 Å². The van der Waals surface area contributed by atoms with Gasteiger partial charge in [-0.2, -0.15) is 8.75 Å². The summed E-state index contributed by atoms with van der Waals surface area (Å²) in [5, 5.41) is 1.16. The van der Waals surface area contributed by atoms with E-state index in [2.05, 4.69) is 51.6 Å². The summed E-state index contributed by atoms with van der Waals surface area (Å²) in [6.07, 6.45) is 6.05. The number of rotatable bonds is 3. The molecule has 7 nitrogen and oxygen atoms in total. The molecule has 2 aliphatic rings. The van der Waals surface area contributed by atoms with E-state index in [4.69, 9.17) is 0 Å². The van der Waals surface area contributed by atoms with Crippen LogP contribution in [-0.4, -0.2) is 58.0 Å². The second-order valence-electron chi connectivity index (χ2n) is 6.83. The summed E-state index contributed by atoms with van der Waals surface area (Å²) in [6.45, 7) is 6.08. The third-order valence-corrected chi connectivity index (χ3v) is 5.79. The summed E-state index contributed by atoms with van der Waals surface area (Å²) in [5.74, 6) is 2.08. The van der Waals surface area contributed by atoms with Crippen LogP contribution in [0, 0.1) is 0 Å². The smallest absolute Gasteiger partial charge is 0.162 e. The topological polar surface area (TPSA) is 61.3 Å². The summed E-state index contributed by atoms with van der Waals surface area (Å²) in [6, 6.07) is 6.58. The number of anilines is 3. The predicted molar refractivity (Wildman–Crippen MR) is 105 cm³/mol. The average Bonchev–Trinajstić information content (AvgIpc) is 3.41. The highest BCUT2D eigenvalue weighted by atomic mass is 32.1. The second kappa shape index (κ2) is 6.68. The maximum absolute atomic E-state index is 4.59. The van der Waals surface area contributed by atoms with Gasteiger partial charge in [-0.1, -0.05) is 0 Å². The molecule has 0 saturated carbocycles. The van der Waals surface area contributed by atoms with E-state index >= 15 is 0 Å². The van der Waals surface area contributed by atoms with E-state index in [9.17, 15) is 0 Å². The molecule has 0 bridgehead atoms. The van der Waals surface area contributed by atoms with Crippen LogP contribution in [0.3, 0.4) is 0 Å². The van der Waals surface area contributed by atoms with Crippen molar-refractivity contribution in [1.29, 1.82) is 0 Å². The molecule has 26 heavy (non-hydrogen) atoms. The molecule has 0 radical (unpaired) electrons. The Hall–Kier alpha value is -2.48. The van der Waals surface area contributed by atoms with Crippen LogP contribution >= 0.6 is 11.7 Å². The molecule has 0 spiro atoms. The SMILES string of the molecule is c1nc(N2CCCC2)c2cc(N3CCN(c4cnsn4)CC3)ccc2n1. The van der Waals surface area contributed by atoms with Gasteiger partial charge in [-0.3, -0.25) is 0 Å². The molecule has 3 aromatic rings. The van der Waals surface area contributed by atoms with Crippen LogP contribution in [0.2, 0.25) is 0 Å². The van der Waals surface area contributed by atoms with Crippen LogP contribution in [0.25, 0.3) is 10.9 Å². The van der Waals surface area contributed by atoms with Crippen LogP contribution in [0.1, 0.15) is 12.8 Å². The monoisotopic (exact) mass is 367 g/mol. The Morgan fingerprint density at radius 1 is 0.846 bits per heavy atom. The predicted octanol–water partition coefficient (Wildman–Crippen LogP) is 2.41.